The summed E-state index contributed by atoms with van der Waals surface area (Å²) in [6.07, 6.45) is 0.560. The fourth-order valence-corrected chi connectivity index (χ4v) is 2.44. The molecule has 1 aromatic rings. The summed E-state index contributed by atoms with van der Waals surface area (Å²) in [4.78, 5) is 11.3. The molecule has 2 heterocycles. The maximum absolute atomic E-state index is 5.73. The monoisotopic (exact) mass is 250 g/mol. The van der Waals surface area contributed by atoms with Crippen molar-refractivity contribution in [1.82, 2.24) is 14.9 Å². The molecule has 100 valence electrons. The molecule has 18 heavy (non-hydrogen) atoms. The van der Waals surface area contributed by atoms with E-state index in [0.717, 1.165) is 37.0 Å². The van der Waals surface area contributed by atoms with Gasteiger partial charge in [0.2, 0.25) is 0 Å². The van der Waals surface area contributed by atoms with E-state index in [9.17, 15) is 0 Å². The fraction of sp³-hybridized carbons (Fsp3) is 0.692. The largest absolute Gasteiger partial charge is 0.373 e. The Labute approximate surface area is 109 Å². The number of aromatic nitrogens is 2. The summed E-state index contributed by atoms with van der Waals surface area (Å²) in [5.74, 6) is 1.76. The maximum atomic E-state index is 5.73. The zero-order valence-corrected chi connectivity index (χ0v) is 11.6. The first-order chi connectivity index (χ1) is 8.56. The average molecular weight is 250 g/mol. The Morgan fingerprint density at radius 1 is 1.33 bits per heavy atom. The van der Waals surface area contributed by atoms with E-state index in [4.69, 9.17) is 4.74 Å². The minimum Gasteiger partial charge on any atom is -0.373 e. The third-order valence-electron chi connectivity index (χ3n) is 3.02. The molecule has 1 fully saturated rings. The molecule has 0 aromatic carbocycles. The summed E-state index contributed by atoms with van der Waals surface area (Å²) >= 11 is 0. The minimum absolute atomic E-state index is 0.280. The van der Waals surface area contributed by atoms with E-state index in [1.807, 2.05) is 20.0 Å². The average Bonchev–Trinajstić information content (AvgIpc) is 2.26. The van der Waals surface area contributed by atoms with Crippen LogP contribution < -0.4 is 5.32 Å². The second-order valence-corrected chi connectivity index (χ2v) is 5.01. The molecule has 5 heteroatoms. The minimum atomic E-state index is 0.280. The van der Waals surface area contributed by atoms with Crippen LogP contribution in [-0.4, -0.2) is 47.2 Å². The van der Waals surface area contributed by atoms with Gasteiger partial charge >= 0.3 is 0 Å². The molecule has 1 saturated heterocycles. The fourth-order valence-electron chi connectivity index (χ4n) is 2.44. The molecule has 1 aromatic heterocycles. The number of rotatable bonds is 3. The number of aryl methyl sites for hydroxylation is 1. The molecule has 1 N–H and O–H groups in total. The van der Waals surface area contributed by atoms with Crippen molar-refractivity contribution in [3.8, 4) is 0 Å². The van der Waals surface area contributed by atoms with Crippen molar-refractivity contribution in [2.45, 2.75) is 39.5 Å². The van der Waals surface area contributed by atoms with Crippen LogP contribution in [0.15, 0.2) is 6.07 Å². The summed E-state index contributed by atoms with van der Waals surface area (Å²) in [6, 6.07) is 1.95. The van der Waals surface area contributed by atoms with Gasteiger partial charge in [0, 0.05) is 31.9 Å². The number of hydrogen-bond acceptors (Lipinski definition) is 5. The van der Waals surface area contributed by atoms with Crippen LogP contribution in [0, 0.1) is 6.92 Å². The molecule has 0 saturated carbocycles. The summed E-state index contributed by atoms with van der Waals surface area (Å²) < 4.78 is 5.73. The van der Waals surface area contributed by atoms with Crippen molar-refractivity contribution >= 4 is 5.82 Å². The predicted octanol–water partition coefficient (Wildman–Crippen LogP) is 1.44. The Kier molecular flexibility index (Phi) is 4.14. The molecule has 0 unspecified atom stereocenters. The lowest BCUT2D eigenvalue weighted by Crippen LogP contribution is -2.45. The summed E-state index contributed by atoms with van der Waals surface area (Å²) in [6.45, 7) is 8.88. The summed E-state index contributed by atoms with van der Waals surface area (Å²) in [5.41, 5.74) is 0.999. The first kappa shape index (κ1) is 13.2. The van der Waals surface area contributed by atoms with Crippen molar-refractivity contribution in [3.05, 3.63) is 17.6 Å². The molecule has 1 aliphatic heterocycles. The molecular weight excluding hydrogens is 228 g/mol. The highest BCUT2D eigenvalue weighted by atomic mass is 16.5. The second-order valence-electron chi connectivity index (χ2n) is 5.01. The van der Waals surface area contributed by atoms with Crippen LogP contribution in [0.3, 0.4) is 0 Å². The molecule has 2 rings (SSSR count). The molecule has 0 amide bonds. The van der Waals surface area contributed by atoms with Crippen LogP contribution in [-0.2, 0) is 11.3 Å². The topological polar surface area (TPSA) is 50.3 Å². The van der Waals surface area contributed by atoms with Crippen molar-refractivity contribution < 1.29 is 4.74 Å². The second kappa shape index (κ2) is 5.63. The van der Waals surface area contributed by atoms with Crippen LogP contribution in [0.2, 0.25) is 0 Å². The van der Waals surface area contributed by atoms with Gasteiger partial charge in [-0.3, -0.25) is 4.90 Å². The standard InChI is InChI=1S/C13H22N4O/c1-9-5-12(14-4)16-13(15-9)8-17-6-10(2)18-11(3)7-17/h5,10-11H,6-8H2,1-4H3,(H,14,15,16)/t10-,11+. The highest BCUT2D eigenvalue weighted by Crippen LogP contribution is 2.14. The van der Waals surface area contributed by atoms with Crippen LogP contribution in [0.5, 0.6) is 0 Å². The van der Waals surface area contributed by atoms with Crippen LogP contribution in [0.1, 0.15) is 25.4 Å². The molecule has 5 nitrogen and oxygen atoms in total. The number of nitrogens with zero attached hydrogens (tertiary/aromatic N) is 3. The highest BCUT2D eigenvalue weighted by molar-refractivity contribution is 5.34. The smallest absolute Gasteiger partial charge is 0.144 e. The van der Waals surface area contributed by atoms with Gasteiger partial charge in [-0.05, 0) is 20.8 Å². The van der Waals surface area contributed by atoms with Gasteiger partial charge in [-0.1, -0.05) is 0 Å². The first-order valence-corrected chi connectivity index (χ1v) is 6.47. The zero-order valence-electron chi connectivity index (χ0n) is 11.6. The Morgan fingerprint density at radius 2 is 2.00 bits per heavy atom. The van der Waals surface area contributed by atoms with Crippen LogP contribution >= 0.6 is 0 Å². The number of hydrogen-bond donors (Lipinski definition) is 1. The Bertz CT molecular complexity index is 400. The van der Waals surface area contributed by atoms with E-state index in [-0.39, 0.29) is 12.2 Å². The maximum Gasteiger partial charge on any atom is 0.144 e. The number of anilines is 1. The number of ether oxygens (including phenoxy) is 1. The molecule has 0 aliphatic carbocycles. The lowest BCUT2D eigenvalue weighted by atomic mass is 10.2. The lowest BCUT2D eigenvalue weighted by molar-refractivity contribution is -0.0710. The van der Waals surface area contributed by atoms with Gasteiger partial charge < -0.3 is 10.1 Å². The van der Waals surface area contributed by atoms with E-state index < -0.39 is 0 Å². The number of nitrogens with one attached hydrogen (secondary N) is 1. The van der Waals surface area contributed by atoms with Crippen molar-refractivity contribution in [3.63, 3.8) is 0 Å². The van der Waals surface area contributed by atoms with E-state index in [2.05, 4.69) is 34.0 Å². The normalized spacial score (nSPS) is 25.1. The van der Waals surface area contributed by atoms with E-state index in [1.165, 1.54) is 0 Å². The highest BCUT2D eigenvalue weighted by Gasteiger charge is 2.22. The van der Waals surface area contributed by atoms with E-state index in [1.54, 1.807) is 0 Å². The van der Waals surface area contributed by atoms with E-state index >= 15 is 0 Å². The quantitative estimate of drug-likeness (QED) is 0.879. The Balaban J connectivity index is 2.06. The molecule has 0 radical (unpaired) electrons. The van der Waals surface area contributed by atoms with Crippen molar-refractivity contribution in [2.75, 3.05) is 25.5 Å². The summed E-state index contributed by atoms with van der Waals surface area (Å²) in [7, 11) is 1.88. The molecule has 1 aliphatic rings. The van der Waals surface area contributed by atoms with Gasteiger partial charge in [0.25, 0.3) is 0 Å². The van der Waals surface area contributed by atoms with Gasteiger partial charge in [0.05, 0.1) is 18.8 Å². The van der Waals surface area contributed by atoms with Gasteiger partial charge in [0.1, 0.15) is 11.6 Å². The van der Waals surface area contributed by atoms with Crippen LogP contribution in [0.25, 0.3) is 0 Å². The third-order valence-corrected chi connectivity index (χ3v) is 3.02. The SMILES string of the molecule is CNc1cc(C)nc(CN2C[C@@H](C)O[C@@H](C)C2)n1. The predicted molar refractivity (Wildman–Crippen MR) is 71.6 cm³/mol. The summed E-state index contributed by atoms with van der Waals surface area (Å²) in [5, 5.41) is 3.07. The third kappa shape index (κ3) is 3.40. The van der Waals surface area contributed by atoms with Crippen molar-refractivity contribution in [1.29, 1.82) is 0 Å². The van der Waals surface area contributed by atoms with Crippen LogP contribution in [0.4, 0.5) is 5.82 Å². The lowest BCUT2D eigenvalue weighted by Gasteiger charge is -2.34. The number of morpholine rings is 1. The van der Waals surface area contributed by atoms with Crippen molar-refractivity contribution in [2.24, 2.45) is 0 Å². The van der Waals surface area contributed by atoms with Gasteiger partial charge in [0.15, 0.2) is 0 Å². The molecule has 2 atom stereocenters. The first-order valence-electron chi connectivity index (χ1n) is 6.47. The Morgan fingerprint density at radius 3 is 2.61 bits per heavy atom. The Hall–Kier alpha value is -1.20. The van der Waals surface area contributed by atoms with Gasteiger partial charge in [-0.25, -0.2) is 9.97 Å². The molecule has 0 spiro atoms. The molecule has 0 bridgehead atoms. The van der Waals surface area contributed by atoms with Gasteiger partial charge in [-0.15, -0.1) is 0 Å². The van der Waals surface area contributed by atoms with Gasteiger partial charge in [-0.2, -0.15) is 0 Å². The zero-order chi connectivity index (χ0) is 13.1. The molecular formula is C13H22N4O. The van der Waals surface area contributed by atoms with E-state index in [0.29, 0.717) is 0 Å².